The summed E-state index contributed by atoms with van der Waals surface area (Å²) in [4.78, 5) is 0. The number of ether oxygens (including phenoxy) is 1. The molecule has 0 aromatic heterocycles. The Kier molecular flexibility index (Phi) is 4.46. The van der Waals surface area contributed by atoms with Gasteiger partial charge in [0.2, 0.25) is 0 Å². The standard InChI is InChI=1S/C16H17ClO2/c1-11(2)19-15-5-3-4-13(10-15)16(18)12-6-8-14(17)9-7-12/h3-11,16,18H,1-2H3. The molecule has 19 heavy (non-hydrogen) atoms. The Bertz CT molecular complexity index is 535. The lowest BCUT2D eigenvalue weighted by molar-refractivity contribution is 0.216. The highest BCUT2D eigenvalue weighted by molar-refractivity contribution is 6.30. The summed E-state index contributed by atoms with van der Waals surface area (Å²) in [6, 6.07) is 14.7. The van der Waals surface area contributed by atoms with Gasteiger partial charge >= 0.3 is 0 Å². The van der Waals surface area contributed by atoms with Crippen LogP contribution in [0.1, 0.15) is 31.1 Å². The first-order valence-electron chi connectivity index (χ1n) is 6.26. The molecule has 1 N–H and O–H groups in total. The Morgan fingerprint density at radius 1 is 1.00 bits per heavy atom. The van der Waals surface area contributed by atoms with Gasteiger partial charge in [-0.2, -0.15) is 0 Å². The first-order chi connectivity index (χ1) is 9.06. The monoisotopic (exact) mass is 276 g/mol. The topological polar surface area (TPSA) is 29.5 Å². The molecule has 0 fully saturated rings. The van der Waals surface area contributed by atoms with Crippen LogP contribution in [0.25, 0.3) is 0 Å². The predicted molar refractivity (Wildman–Crippen MR) is 77.7 cm³/mol. The molecule has 0 radical (unpaired) electrons. The van der Waals surface area contributed by atoms with Gasteiger partial charge in [-0.3, -0.25) is 0 Å². The quantitative estimate of drug-likeness (QED) is 0.906. The van der Waals surface area contributed by atoms with Gasteiger partial charge < -0.3 is 9.84 Å². The summed E-state index contributed by atoms with van der Waals surface area (Å²) in [6.45, 7) is 3.95. The number of aliphatic hydroxyl groups is 1. The molecule has 1 atom stereocenters. The second kappa shape index (κ2) is 6.09. The van der Waals surface area contributed by atoms with Crippen LogP contribution >= 0.6 is 11.6 Å². The molecular weight excluding hydrogens is 260 g/mol. The first kappa shape index (κ1) is 13.9. The number of hydrogen-bond acceptors (Lipinski definition) is 2. The molecule has 0 heterocycles. The van der Waals surface area contributed by atoms with E-state index < -0.39 is 6.10 Å². The highest BCUT2D eigenvalue weighted by atomic mass is 35.5. The van der Waals surface area contributed by atoms with E-state index >= 15 is 0 Å². The third-order valence-electron chi connectivity index (χ3n) is 2.73. The van der Waals surface area contributed by atoms with Crippen LogP contribution in [0.5, 0.6) is 5.75 Å². The van der Waals surface area contributed by atoms with Crippen molar-refractivity contribution in [1.82, 2.24) is 0 Å². The number of halogens is 1. The molecular formula is C16H17ClO2. The van der Waals surface area contributed by atoms with E-state index in [0.717, 1.165) is 16.9 Å². The second-order valence-corrected chi connectivity index (χ2v) is 5.13. The van der Waals surface area contributed by atoms with Crippen molar-refractivity contribution in [3.05, 3.63) is 64.7 Å². The van der Waals surface area contributed by atoms with Gasteiger partial charge in [-0.05, 0) is 49.2 Å². The molecule has 0 saturated heterocycles. The zero-order valence-corrected chi connectivity index (χ0v) is 11.8. The van der Waals surface area contributed by atoms with Crippen molar-refractivity contribution in [3.8, 4) is 5.75 Å². The largest absolute Gasteiger partial charge is 0.491 e. The predicted octanol–water partition coefficient (Wildman–Crippen LogP) is 4.21. The van der Waals surface area contributed by atoms with E-state index in [4.69, 9.17) is 16.3 Å². The number of benzene rings is 2. The minimum absolute atomic E-state index is 0.114. The Labute approximate surface area is 118 Å². The van der Waals surface area contributed by atoms with Crippen molar-refractivity contribution in [2.75, 3.05) is 0 Å². The van der Waals surface area contributed by atoms with Crippen molar-refractivity contribution < 1.29 is 9.84 Å². The Morgan fingerprint density at radius 3 is 2.32 bits per heavy atom. The summed E-state index contributed by atoms with van der Waals surface area (Å²) in [7, 11) is 0. The van der Waals surface area contributed by atoms with Crippen molar-refractivity contribution in [3.63, 3.8) is 0 Å². The second-order valence-electron chi connectivity index (χ2n) is 4.69. The average Bonchev–Trinajstić information content (AvgIpc) is 2.38. The van der Waals surface area contributed by atoms with Gasteiger partial charge in [-0.25, -0.2) is 0 Å². The van der Waals surface area contributed by atoms with Gasteiger partial charge in [0, 0.05) is 5.02 Å². The smallest absolute Gasteiger partial charge is 0.120 e. The minimum Gasteiger partial charge on any atom is -0.491 e. The lowest BCUT2D eigenvalue weighted by Crippen LogP contribution is -2.06. The van der Waals surface area contributed by atoms with Gasteiger partial charge in [-0.15, -0.1) is 0 Å². The molecule has 0 bridgehead atoms. The Hall–Kier alpha value is -1.51. The number of hydrogen-bond donors (Lipinski definition) is 1. The third kappa shape index (κ3) is 3.72. The van der Waals surface area contributed by atoms with Crippen LogP contribution in [0, 0.1) is 0 Å². The van der Waals surface area contributed by atoms with Gasteiger partial charge in [0.1, 0.15) is 11.9 Å². The normalized spacial score (nSPS) is 12.5. The highest BCUT2D eigenvalue weighted by Gasteiger charge is 2.11. The minimum atomic E-state index is -0.673. The Balaban J connectivity index is 2.23. The highest BCUT2D eigenvalue weighted by Crippen LogP contribution is 2.26. The molecule has 0 saturated carbocycles. The Morgan fingerprint density at radius 2 is 1.68 bits per heavy atom. The fourth-order valence-electron chi connectivity index (χ4n) is 1.87. The first-order valence-corrected chi connectivity index (χ1v) is 6.64. The van der Waals surface area contributed by atoms with Gasteiger partial charge in [-0.1, -0.05) is 35.9 Å². The van der Waals surface area contributed by atoms with E-state index in [-0.39, 0.29) is 6.10 Å². The van der Waals surface area contributed by atoms with E-state index in [1.165, 1.54) is 0 Å². The van der Waals surface area contributed by atoms with E-state index in [9.17, 15) is 5.11 Å². The maximum absolute atomic E-state index is 10.3. The fourth-order valence-corrected chi connectivity index (χ4v) is 1.99. The van der Waals surface area contributed by atoms with Crippen molar-refractivity contribution in [2.24, 2.45) is 0 Å². The molecule has 2 nitrogen and oxygen atoms in total. The van der Waals surface area contributed by atoms with Crippen molar-refractivity contribution in [1.29, 1.82) is 0 Å². The molecule has 3 heteroatoms. The summed E-state index contributed by atoms with van der Waals surface area (Å²) in [5.74, 6) is 0.764. The van der Waals surface area contributed by atoms with Gasteiger partial charge in [0.25, 0.3) is 0 Å². The molecule has 0 aliphatic heterocycles. The van der Waals surface area contributed by atoms with E-state index in [1.807, 2.05) is 50.2 Å². The number of rotatable bonds is 4. The van der Waals surface area contributed by atoms with Crippen LogP contribution < -0.4 is 4.74 Å². The van der Waals surface area contributed by atoms with Crippen LogP contribution in [0.3, 0.4) is 0 Å². The van der Waals surface area contributed by atoms with E-state index in [0.29, 0.717) is 5.02 Å². The van der Waals surface area contributed by atoms with Crippen LogP contribution in [0.15, 0.2) is 48.5 Å². The number of aliphatic hydroxyl groups excluding tert-OH is 1. The molecule has 100 valence electrons. The third-order valence-corrected chi connectivity index (χ3v) is 2.98. The van der Waals surface area contributed by atoms with Gasteiger partial charge in [0.05, 0.1) is 6.10 Å². The summed E-state index contributed by atoms with van der Waals surface area (Å²) in [5, 5.41) is 11.0. The zero-order chi connectivity index (χ0) is 13.8. The van der Waals surface area contributed by atoms with Crippen LogP contribution in [-0.4, -0.2) is 11.2 Å². The van der Waals surface area contributed by atoms with Crippen LogP contribution in [0.4, 0.5) is 0 Å². The fraction of sp³-hybridized carbons (Fsp3) is 0.250. The molecule has 2 aromatic rings. The summed E-state index contributed by atoms with van der Waals surface area (Å²) >= 11 is 5.84. The molecule has 1 unspecified atom stereocenters. The zero-order valence-electron chi connectivity index (χ0n) is 11.0. The van der Waals surface area contributed by atoms with E-state index in [2.05, 4.69) is 0 Å². The van der Waals surface area contributed by atoms with Crippen molar-refractivity contribution in [2.45, 2.75) is 26.1 Å². The summed E-state index contributed by atoms with van der Waals surface area (Å²) in [5.41, 5.74) is 1.62. The SMILES string of the molecule is CC(C)Oc1cccc(C(O)c2ccc(Cl)cc2)c1. The molecule has 2 aromatic carbocycles. The van der Waals surface area contributed by atoms with Crippen LogP contribution in [0.2, 0.25) is 5.02 Å². The lowest BCUT2D eigenvalue weighted by Gasteiger charge is -2.14. The maximum Gasteiger partial charge on any atom is 0.120 e. The van der Waals surface area contributed by atoms with Crippen molar-refractivity contribution >= 4 is 11.6 Å². The van der Waals surface area contributed by atoms with Crippen LogP contribution in [-0.2, 0) is 0 Å². The summed E-state index contributed by atoms with van der Waals surface area (Å²) in [6.07, 6.45) is -0.559. The molecule has 0 amide bonds. The molecule has 0 spiro atoms. The maximum atomic E-state index is 10.3. The van der Waals surface area contributed by atoms with E-state index in [1.54, 1.807) is 12.1 Å². The van der Waals surface area contributed by atoms with Gasteiger partial charge in [0.15, 0.2) is 0 Å². The molecule has 0 aliphatic carbocycles. The molecule has 2 rings (SSSR count). The lowest BCUT2D eigenvalue weighted by atomic mass is 10.0. The average molecular weight is 277 g/mol. The summed E-state index contributed by atoms with van der Waals surface area (Å²) < 4.78 is 5.63. The molecule has 0 aliphatic rings.